The van der Waals surface area contributed by atoms with E-state index in [0.29, 0.717) is 12.8 Å². The second kappa shape index (κ2) is 39.9. The van der Waals surface area contributed by atoms with Gasteiger partial charge in [-0.3, -0.25) is 4.79 Å². The van der Waals surface area contributed by atoms with Crippen molar-refractivity contribution < 1.29 is 64.6 Å². The molecule has 2 fully saturated rings. The maximum Gasteiger partial charge on any atom is 0.220 e. The van der Waals surface area contributed by atoms with E-state index in [2.05, 4.69) is 43.5 Å². The van der Waals surface area contributed by atoms with Crippen molar-refractivity contribution in [3.05, 3.63) is 36.5 Å². The molecule has 2 rings (SSSR count). The lowest BCUT2D eigenvalue weighted by Crippen LogP contribution is -2.65. The summed E-state index contributed by atoms with van der Waals surface area (Å²) < 4.78 is 22.7. The Balaban J connectivity index is 1.83. The minimum atomic E-state index is -1.79. The van der Waals surface area contributed by atoms with Gasteiger partial charge in [0.15, 0.2) is 12.6 Å². The van der Waals surface area contributed by atoms with E-state index in [4.69, 9.17) is 18.9 Å². The first-order valence-electron chi connectivity index (χ1n) is 26.7. The number of carbonyl (C=O) groups excluding carboxylic acids is 1. The molecule has 0 bridgehead atoms. The van der Waals surface area contributed by atoms with E-state index in [-0.39, 0.29) is 18.9 Å². The van der Waals surface area contributed by atoms with Gasteiger partial charge in [-0.05, 0) is 57.8 Å². The first-order valence-corrected chi connectivity index (χ1v) is 26.7. The van der Waals surface area contributed by atoms with Crippen LogP contribution in [0.2, 0.25) is 0 Å². The standard InChI is InChI=1S/C53H97NO13/c1-3-5-7-9-11-13-15-17-19-20-21-22-23-25-27-29-31-33-35-37-45(58)54-41(42(57)36-34-32-30-28-26-24-18-16-14-12-10-8-6-4-2)40-64-52-50(63)48(61)51(44(39-56)66-52)67-53-49(62)47(60)46(59)43(38-55)65-53/h17,19,26,28,34,36,41-44,46-53,55-57,59-63H,3-16,18,20-25,27,29-33,35,37-40H2,1-2H3,(H,54,58)/b19-17-,28-26+,36-34+. The Bertz CT molecular complexity index is 1270. The van der Waals surface area contributed by atoms with Crippen LogP contribution in [-0.4, -0.2) is 140 Å². The fourth-order valence-electron chi connectivity index (χ4n) is 8.65. The van der Waals surface area contributed by atoms with Crippen molar-refractivity contribution in [1.29, 1.82) is 0 Å². The summed E-state index contributed by atoms with van der Waals surface area (Å²) in [6.45, 7) is 2.76. The summed E-state index contributed by atoms with van der Waals surface area (Å²) in [4.78, 5) is 13.2. The molecule has 14 heteroatoms. The third kappa shape index (κ3) is 26.8. The maximum absolute atomic E-state index is 13.2. The Morgan fingerprint density at radius 1 is 0.522 bits per heavy atom. The van der Waals surface area contributed by atoms with Gasteiger partial charge in [-0.1, -0.05) is 172 Å². The first kappa shape index (κ1) is 61.3. The molecule has 1 amide bonds. The van der Waals surface area contributed by atoms with E-state index in [1.165, 1.54) is 135 Å². The summed E-state index contributed by atoms with van der Waals surface area (Å²) in [5, 5.41) is 86.8. The average Bonchev–Trinajstić information content (AvgIpc) is 3.32. The number of unbranched alkanes of at least 4 members (excludes halogenated alkanes) is 24. The molecule has 12 unspecified atom stereocenters. The molecule has 0 saturated carbocycles. The topological polar surface area (TPSA) is 228 Å². The van der Waals surface area contributed by atoms with Crippen molar-refractivity contribution in [2.75, 3.05) is 19.8 Å². The van der Waals surface area contributed by atoms with Crippen LogP contribution in [0.1, 0.15) is 200 Å². The predicted molar refractivity (Wildman–Crippen MR) is 263 cm³/mol. The first-order chi connectivity index (χ1) is 32.6. The van der Waals surface area contributed by atoms with Gasteiger partial charge in [-0.15, -0.1) is 0 Å². The number of nitrogens with one attached hydrogen (secondary N) is 1. The normalized spacial score (nSPS) is 26.8. The van der Waals surface area contributed by atoms with E-state index in [0.717, 1.165) is 32.1 Å². The molecule has 0 aromatic heterocycles. The van der Waals surface area contributed by atoms with Crippen LogP contribution in [0.15, 0.2) is 36.5 Å². The van der Waals surface area contributed by atoms with Crippen molar-refractivity contribution in [3.63, 3.8) is 0 Å². The lowest BCUT2D eigenvalue weighted by atomic mass is 9.97. The monoisotopic (exact) mass is 956 g/mol. The Hall–Kier alpha value is -1.79. The highest BCUT2D eigenvalue weighted by atomic mass is 16.7. The van der Waals surface area contributed by atoms with Gasteiger partial charge >= 0.3 is 0 Å². The second-order valence-electron chi connectivity index (χ2n) is 19.0. The SMILES string of the molecule is CCCCCCCC/C=C\CCCCCCCCCCCC(=O)NC(COC1OC(CO)C(OC2OC(CO)C(O)C(O)C2O)C(O)C1O)C(O)/C=C/CC/C=C/CCCCCCCCCC. The minimum absolute atomic E-state index is 0.252. The zero-order chi connectivity index (χ0) is 48.9. The molecule has 14 nitrogen and oxygen atoms in total. The molecule has 67 heavy (non-hydrogen) atoms. The van der Waals surface area contributed by atoms with Crippen LogP contribution in [0.3, 0.4) is 0 Å². The summed E-state index contributed by atoms with van der Waals surface area (Å²) in [7, 11) is 0. The van der Waals surface area contributed by atoms with Gasteiger partial charge < -0.3 is 65.1 Å². The van der Waals surface area contributed by atoms with Crippen molar-refractivity contribution in [3.8, 4) is 0 Å². The Kier molecular flexibility index (Phi) is 36.5. The molecule has 2 aliphatic rings. The van der Waals surface area contributed by atoms with Gasteiger partial charge in [-0.25, -0.2) is 0 Å². The molecule has 9 N–H and O–H groups in total. The zero-order valence-electron chi connectivity index (χ0n) is 41.6. The third-order valence-corrected chi connectivity index (χ3v) is 13.0. The largest absolute Gasteiger partial charge is 0.394 e. The van der Waals surface area contributed by atoms with Crippen molar-refractivity contribution in [1.82, 2.24) is 5.32 Å². The van der Waals surface area contributed by atoms with E-state index < -0.39 is 86.8 Å². The van der Waals surface area contributed by atoms with Gasteiger partial charge in [0, 0.05) is 6.42 Å². The molecule has 0 aliphatic carbocycles. The average molecular weight is 956 g/mol. The van der Waals surface area contributed by atoms with E-state index in [1.807, 2.05) is 6.08 Å². The van der Waals surface area contributed by atoms with Crippen LogP contribution in [0.5, 0.6) is 0 Å². The quantitative estimate of drug-likeness (QED) is 0.0214. The van der Waals surface area contributed by atoms with E-state index in [1.54, 1.807) is 6.08 Å². The maximum atomic E-state index is 13.2. The Morgan fingerprint density at radius 2 is 0.955 bits per heavy atom. The van der Waals surface area contributed by atoms with Gasteiger partial charge in [0.25, 0.3) is 0 Å². The highest BCUT2D eigenvalue weighted by Gasteiger charge is 2.51. The number of carbonyl (C=O) groups is 1. The zero-order valence-corrected chi connectivity index (χ0v) is 41.6. The summed E-state index contributed by atoms with van der Waals surface area (Å²) in [5.74, 6) is -0.252. The number of amides is 1. The van der Waals surface area contributed by atoms with Gasteiger partial charge in [0.1, 0.15) is 48.8 Å². The molecular formula is C53H97NO13. The van der Waals surface area contributed by atoms with E-state index in [9.17, 15) is 45.6 Å². The molecule has 12 atom stereocenters. The summed E-state index contributed by atoms with van der Waals surface area (Å²) in [5.41, 5.74) is 0. The van der Waals surface area contributed by atoms with E-state index >= 15 is 0 Å². The van der Waals surface area contributed by atoms with Crippen molar-refractivity contribution in [2.45, 2.75) is 274 Å². The molecule has 2 saturated heterocycles. The molecule has 2 heterocycles. The predicted octanol–water partition coefficient (Wildman–Crippen LogP) is 7.49. The highest BCUT2D eigenvalue weighted by Crippen LogP contribution is 2.30. The van der Waals surface area contributed by atoms with Crippen LogP contribution >= 0.6 is 0 Å². The van der Waals surface area contributed by atoms with Gasteiger partial charge in [0.2, 0.25) is 5.91 Å². The summed E-state index contributed by atoms with van der Waals surface area (Å²) in [6.07, 6.45) is 29.0. The lowest BCUT2D eigenvalue weighted by molar-refractivity contribution is -0.359. The number of hydrogen-bond acceptors (Lipinski definition) is 13. The highest BCUT2D eigenvalue weighted by molar-refractivity contribution is 5.76. The Labute approximate surface area is 404 Å². The third-order valence-electron chi connectivity index (χ3n) is 13.0. The van der Waals surface area contributed by atoms with Crippen LogP contribution in [0.4, 0.5) is 0 Å². The molecule has 0 aromatic carbocycles. The molecule has 2 aliphatic heterocycles. The summed E-state index contributed by atoms with van der Waals surface area (Å²) in [6, 6.07) is -0.930. The molecule has 0 radical (unpaired) electrons. The van der Waals surface area contributed by atoms with Crippen molar-refractivity contribution >= 4 is 5.91 Å². The molecule has 0 aromatic rings. The molecular weight excluding hydrogens is 859 g/mol. The number of aliphatic hydroxyl groups excluding tert-OH is 8. The number of hydrogen-bond donors (Lipinski definition) is 9. The number of allylic oxidation sites excluding steroid dienone is 5. The fraction of sp³-hybridized carbons (Fsp3) is 0.868. The number of rotatable bonds is 41. The minimum Gasteiger partial charge on any atom is -0.394 e. The van der Waals surface area contributed by atoms with Crippen LogP contribution in [0, 0.1) is 0 Å². The van der Waals surface area contributed by atoms with Gasteiger partial charge in [-0.2, -0.15) is 0 Å². The number of ether oxygens (including phenoxy) is 4. The number of aliphatic hydroxyl groups is 8. The van der Waals surface area contributed by atoms with Crippen LogP contribution in [0.25, 0.3) is 0 Å². The Morgan fingerprint density at radius 3 is 1.46 bits per heavy atom. The van der Waals surface area contributed by atoms with Crippen LogP contribution < -0.4 is 5.32 Å². The summed E-state index contributed by atoms with van der Waals surface area (Å²) >= 11 is 0. The van der Waals surface area contributed by atoms with Crippen LogP contribution in [-0.2, 0) is 23.7 Å². The lowest BCUT2D eigenvalue weighted by Gasteiger charge is -2.46. The molecule has 392 valence electrons. The fourth-order valence-corrected chi connectivity index (χ4v) is 8.65. The smallest absolute Gasteiger partial charge is 0.220 e. The molecule has 0 spiro atoms. The van der Waals surface area contributed by atoms with Crippen molar-refractivity contribution in [2.24, 2.45) is 0 Å². The second-order valence-corrected chi connectivity index (χ2v) is 19.0. The van der Waals surface area contributed by atoms with Gasteiger partial charge in [0.05, 0.1) is 32.0 Å².